The van der Waals surface area contributed by atoms with Crippen molar-refractivity contribution < 1.29 is 4.74 Å². The standard InChI is InChI=1S/C12H10BrIOS/c1-15-10-4-2-8(3-5-10)12(13)9-6-11(14)16-7-9/h2-7,12H,1H3. The van der Waals surface area contributed by atoms with Crippen LogP contribution in [-0.4, -0.2) is 7.11 Å². The average molecular weight is 409 g/mol. The molecule has 0 saturated carbocycles. The van der Waals surface area contributed by atoms with E-state index in [2.05, 4.69) is 62.1 Å². The molecule has 0 saturated heterocycles. The molecule has 0 aliphatic rings. The summed E-state index contributed by atoms with van der Waals surface area (Å²) in [6, 6.07) is 10.3. The lowest BCUT2D eigenvalue weighted by atomic mass is 10.1. The van der Waals surface area contributed by atoms with Gasteiger partial charge in [0.2, 0.25) is 0 Å². The molecule has 0 aliphatic heterocycles. The summed E-state index contributed by atoms with van der Waals surface area (Å²) in [5.41, 5.74) is 2.55. The molecule has 1 aromatic heterocycles. The lowest BCUT2D eigenvalue weighted by Crippen LogP contribution is -1.91. The minimum absolute atomic E-state index is 0.262. The number of hydrogen-bond donors (Lipinski definition) is 0. The van der Waals surface area contributed by atoms with Crippen LogP contribution >= 0.6 is 49.9 Å². The molecule has 1 nitrogen and oxygen atoms in total. The quantitative estimate of drug-likeness (QED) is 0.521. The van der Waals surface area contributed by atoms with Crippen molar-refractivity contribution in [3.8, 4) is 5.75 Å². The van der Waals surface area contributed by atoms with Gasteiger partial charge < -0.3 is 4.74 Å². The minimum Gasteiger partial charge on any atom is -0.497 e. The predicted molar refractivity (Wildman–Crippen MR) is 80.8 cm³/mol. The normalized spacial score (nSPS) is 12.4. The molecular weight excluding hydrogens is 399 g/mol. The summed E-state index contributed by atoms with van der Waals surface area (Å²) in [5, 5.41) is 2.19. The summed E-state index contributed by atoms with van der Waals surface area (Å²) in [6.45, 7) is 0. The van der Waals surface area contributed by atoms with Crippen molar-refractivity contribution >= 4 is 49.9 Å². The van der Waals surface area contributed by atoms with Crippen molar-refractivity contribution in [2.45, 2.75) is 4.83 Å². The second kappa shape index (κ2) is 5.51. The molecule has 1 unspecified atom stereocenters. The fraction of sp³-hybridized carbons (Fsp3) is 0.167. The second-order valence-electron chi connectivity index (χ2n) is 3.32. The van der Waals surface area contributed by atoms with Gasteiger partial charge >= 0.3 is 0 Å². The van der Waals surface area contributed by atoms with E-state index in [9.17, 15) is 0 Å². The number of thiophene rings is 1. The van der Waals surface area contributed by atoms with Crippen molar-refractivity contribution in [2.75, 3.05) is 7.11 Å². The van der Waals surface area contributed by atoms with E-state index >= 15 is 0 Å². The summed E-state index contributed by atoms with van der Waals surface area (Å²) in [4.78, 5) is 0.262. The average Bonchev–Trinajstić information content (AvgIpc) is 2.75. The van der Waals surface area contributed by atoms with Crippen molar-refractivity contribution in [3.63, 3.8) is 0 Å². The van der Waals surface area contributed by atoms with Crippen LogP contribution in [0.4, 0.5) is 0 Å². The topological polar surface area (TPSA) is 9.23 Å². The number of hydrogen-bond acceptors (Lipinski definition) is 2. The van der Waals surface area contributed by atoms with Gasteiger partial charge in [-0.3, -0.25) is 0 Å². The molecule has 0 amide bonds. The van der Waals surface area contributed by atoms with E-state index in [0.717, 1.165) is 5.75 Å². The molecule has 0 spiro atoms. The molecule has 0 radical (unpaired) electrons. The molecular formula is C12H10BrIOS. The molecule has 1 atom stereocenters. The highest BCUT2D eigenvalue weighted by Crippen LogP contribution is 2.34. The summed E-state index contributed by atoms with van der Waals surface area (Å²) < 4.78 is 6.45. The van der Waals surface area contributed by atoms with Crippen LogP contribution < -0.4 is 4.74 Å². The molecule has 2 aromatic rings. The van der Waals surface area contributed by atoms with Crippen LogP contribution in [0.15, 0.2) is 35.7 Å². The molecule has 16 heavy (non-hydrogen) atoms. The maximum absolute atomic E-state index is 5.14. The first-order valence-corrected chi connectivity index (χ1v) is 7.60. The lowest BCUT2D eigenvalue weighted by molar-refractivity contribution is 0.414. The molecule has 1 aromatic carbocycles. The van der Waals surface area contributed by atoms with Crippen LogP contribution in [0, 0.1) is 2.88 Å². The Balaban J connectivity index is 2.23. The number of methoxy groups -OCH3 is 1. The molecule has 0 aliphatic carbocycles. The van der Waals surface area contributed by atoms with Crippen molar-refractivity contribution in [3.05, 3.63) is 49.7 Å². The Bertz CT molecular complexity index is 466. The van der Waals surface area contributed by atoms with Gasteiger partial charge in [0, 0.05) is 0 Å². The summed E-state index contributed by atoms with van der Waals surface area (Å²) in [6.07, 6.45) is 0. The van der Waals surface area contributed by atoms with Crippen molar-refractivity contribution in [1.29, 1.82) is 0 Å². The third-order valence-electron chi connectivity index (χ3n) is 2.29. The SMILES string of the molecule is COc1ccc(C(Br)c2csc(I)c2)cc1. The Kier molecular flexibility index (Phi) is 4.27. The van der Waals surface area contributed by atoms with Gasteiger partial charge in [0.25, 0.3) is 0 Å². The number of rotatable bonds is 3. The van der Waals surface area contributed by atoms with Gasteiger partial charge in [-0.25, -0.2) is 0 Å². The maximum Gasteiger partial charge on any atom is 0.118 e. The van der Waals surface area contributed by atoms with Crippen molar-refractivity contribution in [1.82, 2.24) is 0 Å². The van der Waals surface area contributed by atoms with Crippen molar-refractivity contribution in [2.24, 2.45) is 0 Å². The van der Waals surface area contributed by atoms with Gasteiger partial charge in [-0.15, -0.1) is 11.3 Å². The van der Waals surface area contributed by atoms with Gasteiger partial charge in [0.1, 0.15) is 5.75 Å². The molecule has 1 heterocycles. The molecule has 0 fully saturated rings. The van der Waals surface area contributed by atoms with Gasteiger partial charge in [0.15, 0.2) is 0 Å². The first kappa shape index (κ1) is 12.4. The Morgan fingerprint density at radius 1 is 1.25 bits per heavy atom. The highest BCUT2D eigenvalue weighted by atomic mass is 127. The van der Waals surface area contributed by atoms with Crippen LogP contribution in [0.3, 0.4) is 0 Å². The zero-order valence-corrected chi connectivity index (χ0v) is 13.2. The van der Waals surface area contributed by atoms with Gasteiger partial charge in [-0.1, -0.05) is 28.1 Å². The number of benzene rings is 1. The minimum atomic E-state index is 0.262. The summed E-state index contributed by atoms with van der Waals surface area (Å²) >= 11 is 7.83. The number of alkyl halides is 1. The molecule has 4 heteroatoms. The number of ether oxygens (including phenoxy) is 1. The number of halogens is 2. The van der Waals surface area contributed by atoms with Crippen LogP contribution in [0.2, 0.25) is 0 Å². The predicted octanol–water partition coefficient (Wildman–Crippen LogP) is 4.85. The van der Waals surface area contributed by atoms with Gasteiger partial charge in [-0.05, 0) is 57.3 Å². The molecule has 0 N–H and O–H groups in total. The summed E-state index contributed by atoms with van der Waals surface area (Å²) in [7, 11) is 1.68. The first-order chi connectivity index (χ1) is 7.70. The van der Waals surface area contributed by atoms with Crippen LogP contribution in [-0.2, 0) is 0 Å². The van der Waals surface area contributed by atoms with Crippen LogP contribution in [0.25, 0.3) is 0 Å². The molecule has 0 bridgehead atoms. The fourth-order valence-corrected chi connectivity index (χ4v) is 3.56. The van der Waals surface area contributed by atoms with E-state index in [0.29, 0.717) is 0 Å². The molecule has 84 valence electrons. The highest BCUT2D eigenvalue weighted by molar-refractivity contribution is 14.1. The Morgan fingerprint density at radius 2 is 1.94 bits per heavy atom. The smallest absolute Gasteiger partial charge is 0.118 e. The Hall–Kier alpha value is -0.0700. The zero-order valence-electron chi connectivity index (χ0n) is 8.61. The van der Waals surface area contributed by atoms with Gasteiger partial charge in [-0.2, -0.15) is 0 Å². The monoisotopic (exact) mass is 408 g/mol. The lowest BCUT2D eigenvalue weighted by Gasteiger charge is -2.09. The highest BCUT2D eigenvalue weighted by Gasteiger charge is 2.11. The van der Waals surface area contributed by atoms with Crippen LogP contribution in [0.1, 0.15) is 16.0 Å². The van der Waals surface area contributed by atoms with E-state index in [1.165, 1.54) is 14.0 Å². The van der Waals surface area contributed by atoms with Gasteiger partial charge in [0.05, 0.1) is 14.8 Å². The van der Waals surface area contributed by atoms with E-state index in [-0.39, 0.29) is 4.83 Å². The van der Waals surface area contributed by atoms with E-state index < -0.39 is 0 Å². The van der Waals surface area contributed by atoms with E-state index in [1.807, 2.05) is 12.1 Å². The van der Waals surface area contributed by atoms with E-state index in [4.69, 9.17) is 4.74 Å². The summed E-state index contributed by atoms with van der Waals surface area (Å²) in [5.74, 6) is 0.892. The Morgan fingerprint density at radius 3 is 2.44 bits per heavy atom. The third-order valence-corrected chi connectivity index (χ3v) is 5.15. The second-order valence-corrected chi connectivity index (χ2v) is 7.04. The largest absolute Gasteiger partial charge is 0.497 e. The Labute approximate surface area is 121 Å². The maximum atomic E-state index is 5.14. The first-order valence-electron chi connectivity index (χ1n) is 4.72. The molecule has 2 rings (SSSR count). The third kappa shape index (κ3) is 2.78. The zero-order chi connectivity index (χ0) is 11.5. The van der Waals surface area contributed by atoms with Crippen LogP contribution in [0.5, 0.6) is 5.75 Å². The fourth-order valence-electron chi connectivity index (χ4n) is 1.42. The van der Waals surface area contributed by atoms with E-state index in [1.54, 1.807) is 18.4 Å².